The van der Waals surface area contributed by atoms with Gasteiger partial charge in [0.25, 0.3) is 0 Å². The molecule has 3 aromatic rings. The highest BCUT2D eigenvalue weighted by Crippen LogP contribution is 2.23. The summed E-state index contributed by atoms with van der Waals surface area (Å²) in [5.41, 5.74) is 1.41. The molecule has 1 atom stereocenters. The summed E-state index contributed by atoms with van der Waals surface area (Å²) in [6.45, 7) is 1.75. The zero-order valence-electron chi connectivity index (χ0n) is 13.5. The Morgan fingerprint density at radius 3 is 2.32 bits per heavy atom. The summed E-state index contributed by atoms with van der Waals surface area (Å²) >= 11 is 0. The van der Waals surface area contributed by atoms with Crippen molar-refractivity contribution in [3.8, 4) is 11.3 Å². The summed E-state index contributed by atoms with van der Waals surface area (Å²) in [6, 6.07) is 11.2. The molecule has 128 valence electrons. The average Bonchev–Trinajstić information content (AvgIpc) is 3.08. The molecule has 1 N–H and O–H groups in total. The number of hydrogen-bond acceptors (Lipinski definition) is 3. The van der Waals surface area contributed by atoms with E-state index in [2.05, 4.69) is 10.3 Å². The lowest BCUT2D eigenvalue weighted by molar-refractivity contribution is -0.121. The Kier molecular flexibility index (Phi) is 4.88. The molecule has 3 rings (SSSR count). The lowest BCUT2D eigenvalue weighted by atomic mass is 10.1. The minimum absolute atomic E-state index is 0.135. The van der Waals surface area contributed by atoms with E-state index in [-0.39, 0.29) is 24.0 Å². The van der Waals surface area contributed by atoms with Crippen LogP contribution in [0.25, 0.3) is 11.3 Å². The van der Waals surface area contributed by atoms with Crippen molar-refractivity contribution in [2.45, 2.75) is 19.4 Å². The van der Waals surface area contributed by atoms with Gasteiger partial charge < -0.3 is 9.73 Å². The van der Waals surface area contributed by atoms with Crippen LogP contribution in [0.1, 0.15) is 24.4 Å². The molecule has 0 spiro atoms. The van der Waals surface area contributed by atoms with Crippen LogP contribution >= 0.6 is 0 Å². The molecule has 4 nitrogen and oxygen atoms in total. The largest absolute Gasteiger partial charge is 0.438 e. The second-order valence-corrected chi connectivity index (χ2v) is 5.66. The van der Waals surface area contributed by atoms with E-state index >= 15 is 0 Å². The summed E-state index contributed by atoms with van der Waals surface area (Å²) in [4.78, 5) is 16.2. The van der Waals surface area contributed by atoms with Crippen LogP contribution in [0.3, 0.4) is 0 Å². The molecule has 0 aliphatic heterocycles. The topological polar surface area (TPSA) is 55.1 Å². The molecule has 0 saturated heterocycles. The Bertz CT molecular complexity index is 858. The Morgan fingerprint density at radius 2 is 1.68 bits per heavy atom. The highest BCUT2D eigenvalue weighted by molar-refractivity contribution is 5.78. The fourth-order valence-corrected chi connectivity index (χ4v) is 2.38. The number of halogens is 2. The van der Waals surface area contributed by atoms with E-state index in [4.69, 9.17) is 4.42 Å². The number of nitrogens with zero attached hydrogens (tertiary/aromatic N) is 1. The predicted molar refractivity (Wildman–Crippen MR) is 88.6 cm³/mol. The number of rotatable bonds is 5. The molecule has 0 radical (unpaired) electrons. The van der Waals surface area contributed by atoms with E-state index in [9.17, 15) is 13.6 Å². The van der Waals surface area contributed by atoms with E-state index < -0.39 is 6.04 Å². The van der Waals surface area contributed by atoms with Crippen molar-refractivity contribution in [1.82, 2.24) is 10.3 Å². The summed E-state index contributed by atoms with van der Waals surface area (Å²) in [5, 5.41) is 2.78. The summed E-state index contributed by atoms with van der Waals surface area (Å²) in [6.07, 6.45) is 1.67. The van der Waals surface area contributed by atoms with Gasteiger partial charge in [-0.1, -0.05) is 12.1 Å². The number of oxazole rings is 1. The molecular formula is C19H16F2N2O2. The van der Waals surface area contributed by atoms with Gasteiger partial charge in [0.15, 0.2) is 5.76 Å². The second-order valence-electron chi connectivity index (χ2n) is 5.66. The first-order valence-electron chi connectivity index (χ1n) is 7.77. The Hall–Kier alpha value is -3.02. The molecule has 1 amide bonds. The number of carbonyl (C=O) groups excluding carboxylic acids is 1. The van der Waals surface area contributed by atoms with Gasteiger partial charge in [-0.15, -0.1) is 0 Å². The van der Waals surface area contributed by atoms with Crippen LogP contribution in [0.5, 0.6) is 0 Å². The minimum atomic E-state index is -0.429. The maximum absolute atomic E-state index is 13.0. The van der Waals surface area contributed by atoms with Gasteiger partial charge in [0.2, 0.25) is 11.8 Å². The monoisotopic (exact) mass is 342 g/mol. The molecule has 25 heavy (non-hydrogen) atoms. The molecule has 0 aliphatic rings. The van der Waals surface area contributed by atoms with E-state index in [1.807, 2.05) is 0 Å². The van der Waals surface area contributed by atoms with Gasteiger partial charge >= 0.3 is 0 Å². The number of amides is 1. The van der Waals surface area contributed by atoms with Crippen molar-refractivity contribution >= 4 is 5.91 Å². The Morgan fingerprint density at radius 1 is 1.08 bits per heavy atom. The van der Waals surface area contributed by atoms with Crippen molar-refractivity contribution in [3.05, 3.63) is 77.8 Å². The fraction of sp³-hybridized carbons (Fsp3) is 0.158. The number of benzene rings is 2. The van der Waals surface area contributed by atoms with Gasteiger partial charge in [0.05, 0.1) is 12.6 Å². The summed E-state index contributed by atoms with van der Waals surface area (Å²) in [5.74, 6) is -0.0439. The van der Waals surface area contributed by atoms with Gasteiger partial charge in [-0.05, 0) is 48.9 Å². The number of hydrogen-bond donors (Lipinski definition) is 1. The fourth-order valence-electron chi connectivity index (χ4n) is 2.38. The van der Waals surface area contributed by atoms with E-state index in [0.29, 0.717) is 22.8 Å². The predicted octanol–water partition coefficient (Wildman–Crippen LogP) is 4.04. The number of aromatic nitrogens is 1. The quantitative estimate of drug-likeness (QED) is 0.761. The maximum Gasteiger partial charge on any atom is 0.225 e. The highest BCUT2D eigenvalue weighted by Gasteiger charge is 2.16. The zero-order valence-corrected chi connectivity index (χ0v) is 13.5. The molecule has 0 aliphatic carbocycles. The van der Waals surface area contributed by atoms with Crippen LogP contribution in [0.2, 0.25) is 0 Å². The van der Waals surface area contributed by atoms with Crippen molar-refractivity contribution in [2.24, 2.45) is 0 Å². The molecule has 0 bridgehead atoms. The second kappa shape index (κ2) is 7.25. The number of carbonyl (C=O) groups is 1. The third-order valence-electron chi connectivity index (χ3n) is 3.68. The lowest BCUT2D eigenvalue weighted by Crippen LogP contribution is -2.28. The first kappa shape index (κ1) is 16.8. The van der Waals surface area contributed by atoms with Gasteiger partial charge in [0.1, 0.15) is 17.7 Å². The van der Waals surface area contributed by atoms with Crippen LogP contribution in [0.15, 0.2) is 59.1 Å². The third kappa shape index (κ3) is 4.29. The average molecular weight is 342 g/mol. The number of nitrogens with one attached hydrogen (secondary N) is 1. The highest BCUT2D eigenvalue weighted by atomic mass is 19.1. The Labute approximate surface area is 143 Å². The van der Waals surface area contributed by atoms with E-state index in [1.165, 1.54) is 30.5 Å². The van der Waals surface area contributed by atoms with Crippen LogP contribution in [-0.4, -0.2) is 10.9 Å². The van der Waals surface area contributed by atoms with E-state index in [1.54, 1.807) is 31.2 Å². The maximum atomic E-state index is 13.0. The molecule has 1 heterocycles. The van der Waals surface area contributed by atoms with Crippen molar-refractivity contribution in [3.63, 3.8) is 0 Å². The standard InChI is InChI=1S/C19H16F2N2O2/c1-12(23-18(24)10-13-2-6-15(20)7-3-13)19-22-11-17(25-19)14-4-8-16(21)9-5-14/h2-9,11-12H,10H2,1H3,(H,23,24). The lowest BCUT2D eigenvalue weighted by Gasteiger charge is -2.10. The summed E-state index contributed by atoms with van der Waals surface area (Å²) in [7, 11) is 0. The van der Waals surface area contributed by atoms with Gasteiger partial charge in [-0.2, -0.15) is 0 Å². The van der Waals surface area contributed by atoms with Crippen molar-refractivity contribution < 1.29 is 18.0 Å². The van der Waals surface area contributed by atoms with Crippen molar-refractivity contribution in [2.75, 3.05) is 0 Å². The molecule has 1 aromatic heterocycles. The van der Waals surface area contributed by atoms with Crippen LogP contribution in [0, 0.1) is 11.6 Å². The first-order valence-corrected chi connectivity index (χ1v) is 7.77. The van der Waals surface area contributed by atoms with Crippen LogP contribution in [-0.2, 0) is 11.2 Å². The molecule has 0 saturated carbocycles. The molecular weight excluding hydrogens is 326 g/mol. The van der Waals surface area contributed by atoms with E-state index in [0.717, 1.165) is 0 Å². The van der Waals surface area contributed by atoms with Gasteiger partial charge in [-0.3, -0.25) is 4.79 Å². The molecule has 2 aromatic carbocycles. The smallest absolute Gasteiger partial charge is 0.225 e. The SMILES string of the molecule is CC(NC(=O)Cc1ccc(F)cc1)c1ncc(-c2ccc(F)cc2)o1. The van der Waals surface area contributed by atoms with Gasteiger partial charge in [0, 0.05) is 5.56 Å². The van der Waals surface area contributed by atoms with Crippen LogP contribution < -0.4 is 5.32 Å². The molecule has 1 unspecified atom stereocenters. The zero-order chi connectivity index (χ0) is 17.8. The molecule has 0 fully saturated rings. The first-order chi connectivity index (χ1) is 12.0. The summed E-state index contributed by atoms with van der Waals surface area (Å²) < 4.78 is 31.5. The van der Waals surface area contributed by atoms with Crippen LogP contribution in [0.4, 0.5) is 8.78 Å². The minimum Gasteiger partial charge on any atom is -0.438 e. The van der Waals surface area contributed by atoms with Crippen molar-refractivity contribution in [1.29, 1.82) is 0 Å². The van der Waals surface area contributed by atoms with Gasteiger partial charge in [-0.25, -0.2) is 13.8 Å². The molecule has 6 heteroatoms. The normalized spacial score (nSPS) is 12.0. The Balaban J connectivity index is 1.63. The third-order valence-corrected chi connectivity index (χ3v) is 3.68.